The summed E-state index contributed by atoms with van der Waals surface area (Å²) in [6, 6.07) is 23.7. The van der Waals surface area contributed by atoms with E-state index in [-0.39, 0.29) is 0 Å². The van der Waals surface area contributed by atoms with Crippen molar-refractivity contribution >= 4 is 33.4 Å². The van der Waals surface area contributed by atoms with Crippen LogP contribution < -0.4 is 5.43 Å². The minimum atomic E-state index is -0.405. The van der Waals surface area contributed by atoms with E-state index in [1.54, 1.807) is 33.9 Å². The highest BCUT2D eigenvalue weighted by Crippen LogP contribution is 2.29. The zero-order valence-corrected chi connectivity index (χ0v) is 18.2. The maximum Gasteiger partial charge on any atom is 0.125 e. The van der Waals surface area contributed by atoms with Crippen molar-refractivity contribution in [3.05, 3.63) is 109 Å². The van der Waals surface area contributed by atoms with Crippen molar-refractivity contribution in [2.75, 3.05) is 5.43 Å². The van der Waals surface area contributed by atoms with Crippen LogP contribution in [0.15, 0.2) is 108 Å². The molecule has 0 bridgehead atoms. The van der Waals surface area contributed by atoms with Crippen LogP contribution in [-0.4, -0.2) is 19.1 Å². The molecular formula is C26H17F2N7. The molecular weight excluding hydrogens is 448 g/mol. The number of hydrogen-bond acceptors (Lipinski definition) is 4. The molecule has 35 heavy (non-hydrogen) atoms. The lowest BCUT2D eigenvalue weighted by Crippen LogP contribution is -1.99. The van der Waals surface area contributed by atoms with E-state index in [0.717, 1.165) is 22.1 Å². The molecule has 0 fully saturated rings. The number of para-hydroxylation sites is 4. The predicted molar refractivity (Wildman–Crippen MR) is 130 cm³/mol. The van der Waals surface area contributed by atoms with Gasteiger partial charge in [-0.05, 0) is 48.5 Å². The van der Waals surface area contributed by atoms with Gasteiger partial charge in [-0.25, -0.2) is 18.7 Å². The van der Waals surface area contributed by atoms with Crippen LogP contribution in [0.25, 0.3) is 33.4 Å². The molecule has 0 saturated carbocycles. The highest BCUT2D eigenvalue weighted by Gasteiger charge is 2.12. The Kier molecular flexibility index (Phi) is 4.99. The molecule has 0 spiro atoms. The number of halogens is 2. The summed E-state index contributed by atoms with van der Waals surface area (Å²) >= 11 is 0. The SMILES string of the molecule is Fc1ccc(N=NNc2ccc(F)cc2-n2cnc3ccccc32)c(-n2cnc3ccccc32)c1. The van der Waals surface area contributed by atoms with E-state index in [2.05, 4.69) is 25.7 Å². The number of rotatable bonds is 5. The highest BCUT2D eigenvalue weighted by atomic mass is 19.1. The van der Waals surface area contributed by atoms with Gasteiger partial charge in [-0.15, -0.1) is 5.11 Å². The summed E-state index contributed by atoms with van der Waals surface area (Å²) in [5.74, 6) is -0.800. The van der Waals surface area contributed by atoms with Gasteiger partial charge in [0.2, 0.25) is 0 Å². The minimum absolute atomic E-state index is 0.395. The third kappa shape index (κ3) is 3.78. The quantitative estimate of drug-likeness (QED) is 0.226. The number of hydrogen-bond donors (Lipinski definition) is 1. The second kappa shape index (κ2) is 8.45. The number of aromatic nitrogens is 4. The van der Waals surface area contributed by atoms with Crippen molar-refractivity contribution < 1.29 is 8.78 Å². The molecule has 1 N–H and O–H groups in total. The van der Waals surface area contributed by atoms with Crippen molar-refractivity contribution in [1.29, 1.82) is 0 Å². The Morgan fingerprint density at radius 2 is 1.23 bits per heavy atom. The molecule has 7 nitrogen and oxygen atoms in total. The summed E-state index contributed by atoms with van der Waals surface area (Å²) in [4.78, 5) is 8.76. The summed E-state index contributed by atoms with van der Waals surface area (Å²) in [7, 11) is 0. The van der Waals surface area contributed by atoms with Gasteiger partial charge in [0.1, 0.15) is 30.0 Å². The lowest BCUT2D eigenvalue weighted by Gasteiger charge is -2.11. The van der Waals surface area contributed by atoms with E-state index in [0.29, 0.717) is 22.7 Å². The van der Waals surface area contributed by atoms with E-state index in [9.17, 15) is 8.78 Å². The number of anilines is 1. The summed E-state index contributed by atoms with van der Waals surface area (Å²) in [5.41, 5.74) is 8.06. The fourth-order valence-corrected chi connectivity index (χ4v) is 4.01. The van der Waals surface area contributed by atoms with Gasteiger partial charge >= 0.3 is 0 Å². The van der Waals surface area contributed by atoms with E-state index >= 15 is 0 Å². The van der Waals surface area contributed by atoms with Gasteiger partial charge in [-0.1, -0.05) is 29.5 Å². The molecule has 2 aromatic heterocycles. The summed E-state index contributed by atoms with van der Waals surface area (Å²) < 4.78 is 31.8. The van der Waals surface area contributed by atoms with Gasteiger partial charge < -0.3 is 0 Å². The second-order valence-corrected chi connectivity index (χ2v) is 7.81. The van der Waals surface area contributed by atoms with E-state index in [1.165, 1.54) is 24.3 Å². The maximum absolute atomic E-state index is 14.1. The number of benzene rings is 4. The fraction of sp³-hybridized carbons (Fsp3) is 0. The molecule has 2 heterocycles. The number of fused-ring (bicyclic) bond motifs is 2. The summed E-state index contributed by atoms with van der Waals surface area (Å²) in [5, 5.41) is 8.43. The highest BCUT2D eigenvalue weighted by molar-refractivity contribution is 5.80. The zero-order valence-electron chi connectivity index (χ0n) is 18.2. The smallest absolute Gasteiger partial charge is 0.125 e. The molecule has 6 rings (SSSR count). The number of imidazole rings is 2. The Labute approximate surface area is 198 Å². The third-order valence-electron chi connectivity index (χ3n) is 5.65. The monoisotopic (exact) mass is 465 g/mol. The molecule has 0 aliphatic heterocycles. The molecule has 0 aliphatic carbocycles. The van der Waals surface area contributed by atoms with Gasteiger partial charge in [-0.2, -0.15) is 0 Å². The summed E-state index contributed by atoms with van der Waals surface area (Å²) in [6.07, 6.45) is 3.25. The van der Waals surface area contributed by atoms with Crippen molar-refractivity contribution in [3.8, 4) is 11.4 Å². The van der Waals surface area contributed by atoms with Crippen molar-refractivity contribution in [2.24, 2.45) is 10.3 Å². The van der Waals surface area contributed by atoms with Crippen LogP contribution in [0, 0.1) is 11.6 Å². The molecule has 0 aliphatic rings. The first-order valence-corrected chi connectivity index (χ1v) is 10.8. The van der Waals surface area contributed by atoms with Crippen LogP contribution in [0.1, 0.15) is 0 Å². The van der Waals surface area contributed by atoms with Crippen molar-refractivity contribution in [2.45, 2.75) is 0 Å². The molecule has 0 unspecified atom stereocenters. The van der Waals surface area contributed by atoms with E-state index in [1.807, 2.05) is 48.5 Å². The Bertz CT molecular complexity index is 1720. The largest absolute Gasteiger partial charge is 0.297 e. The van der Waals surface area contributed by atoms with Crippen LogP contribution in [0.2, 0.25) is 0 Å². The Balaban J connectivity index is 1.37. The van der Waals surface area contributed by atoms with Gasteiger partial charge in [0.25, 0.3) is 0 Å². The first kappa shape index (κ1) is 20.7. The van der Waals surface area contributed by atoms with Crippen LogP contribution in [-0.2, 0) is 0 Å². The molecule has 9 heteroatoms. The Hall–Kier alpha value is -4.92. The zero-order chi connectivity index (χ0) is 23.8. The van der Waals surface area contributed by atoms with Gasteiger partial charge in [0.15, 0.2) is 0 Å². The minimum Gasteiger partial charge on any atom is -0.297 e. The predicted octanol–water partition coefficient (Wildman–Crippen LogP) is 6.75. The first-order chi connectivity index (χ1) is 17.2. The average Bonchev–Trinajstić information content (AvgIpc) is 3.50. The molecule has 0 atom stereocenters. The topological polar surface area (TPSA) is 72.4 Å². The fourth-order valence-electron chi connectivity index (χ4n) is 4.01. The molecule has 170 valence electrons. The normalized spacial score (nSPS) is 11.6. The molecule has 0 saturated heterocycles. The van der Waals surface area contributed by atoms with Crippen LogP contribution in [0.5, 0.6) is 0 Å². The van der Waals surface area contributed by atoms with E-state index in [4.69, 9.17) is 0 Å². The standard InChI is InChI=1S/C26H17F2N7/c27-17-9-11-21(25(13-17)34-15-29-19-5-1-3-7-23(19)34)31-33-32-22-12-10-18(28)14-26(22)35-16-30-20-6-2-4-8-24(20)35/h1-16H,(H,31,32). The summed E-state index contributed by atoms with van der Waals surface area (Å²) in [6.45, 7) is 0. The average molecular weight is 465 g/mol. The van der Waals surface area contributed by atoms with Crippen molar-refractivity contribution in [3.63, 3.8) is 0 Å². The molecule has 6 aromatic rings. The lowest BCUT2D eigenvalue weighted by atomic mass is 10.2. The third-order valence-corrected chi connectivity index (χ3v) is 5.65. The number of nitrogens with zero attached hydrogens (tertiary/aromatic N) is 6. The lowest BCUT2D eigenvalue weighted by molar-refractivity contribution is 0.626. The molecule has 0 amide bonds. The van der Waals surface area contributed by atoms with Crippen LogP contribution in [0.4, 0.5) is 20.2 Å². The second-order valence-electron chi connectivity index (χ2n) is 7.81. The van der Waals surface area contributed by atoms with Crippen molar-refractivity contribution in [1.82, 2.24) is 19.1 Å². The molecule has 0 radical (unpaired) electrons. The first-order valence-electron chi connectivity index (χ1n) is 10.8. The van der Waals surface area contributed by atoms with Crippen LogP contribution >= 0.6 is 0 Å². The van der Waals surface area contributed by atoms with Crippen LogP contribution in [0.3, 0.4) is 0 Å². The van der Waals surface area contributed by atoms with E-state index < -0.39 is 11.6 Å². The Morgan fingerprint density at radius 3 is 1.91 bits per heavy atom. The molecule has 4 aromatic carbocycles. The number of nitrogens with one attached hydrogen (secondary N) is 1. The van der Waals surface area contributed by atoms with Gasteiger partial charge in [0.05, 0.1) is 39.1 Å². The van der Waals surface area contributed by atoms with Gasteiger partial charge in [-0.3, -0.25) is 14.6 Å². The maximum atomic E-state index is 14.1. The Morgan fingerprint density at radius 1 is 0.657 bits per heavy atom. The van der Waals surface area contributed by atoms with Gasteiger partial charge in [0, 0.05) is 12.1 Å².